The summed E-state index contributed by atoms with van der Waals surface area (Å²) in [4.78, 5) is 2.59. The molecule has 2 heterocycles. The highest BCUT2D eigenvalue weighted by Crippen LogP contribution is 2.31. The lowest BCUT2D eigenvalue weighted by atomic mass is 9.81. The number of piperidine rings is 1. The molecule has 2 N–H and O–H groups in total. The highest BCUT2D eigenvalue weighted by Gasteiger charge is 2.29. The van der Waals surface area contributed by atoms with Crippen LogP contribution in [0.1, 0.15) is 37.3 Å². The first-order chi connectivity index (χ1) is 15.0. The molecule has 1 saturated heterocycles. The number of nitrogens with two attached hydrogens (primary N) is 1. The minimum absolute atomic E-state index is 0.358. The molecule has 1 atom stereocenters. The van der Waals surface area contributed by atoms with E-state index in [1.54, 1.807) is 7.11 Å². The van der Waals surface area contributed by atoms with E-state index in [4.69, 9.17) is 10.5 Å². The number of hydrogen-bond donors (Lipinski definition) is 1. The summed E-state index contributed by atoms with van der Waals surface area (Å²) < 4.78 is 7.16. The zero-order chi connectivity index (χ0) is 21.7. The summed E-state index contributed by atoms with van der Waals surface area (Å²) in [6.45, 7) is 5.57. The number of hydrogen-bond acceptors (Lipinski definition) is 4. The van der Waals surface area contributed by atoms with E-state index in [2.05, 4.69) is 47.4 Å². The van der Waals surface area contributed by atoms with Crippen molar-refractivity contribution >= 4 is 0 Å². The Kier molecular flexibility index (Phi) is 6.73. The van der Waals surface area contributed by atoms with Gasteiger partial charge >= 0.3 is 0 Å². The fourth-order valence-electron chi connectivity index (χ4n) is 4.55. The van der Waals surface area contributed by atoms with Crippen molar-refractivity contribution in [3.8, 4) is 11.4 Å². The van der Waals surface area contributed by atoms with Crippen LogP contribution in [0.3, 0.4) is 0 Å². The molecule has 4 rings (SSSR count). The second kappa shape index (κ2) is 9.67. The van der Waals surface area contributed by atoms with Crippen molar-refractivity contribution in [2.45, 2.75) is 38.1 Å². The van der Waals surface area contributed by atoms with E-state index in [-0.39, 0.29) is 5.54 Å². The molecule has 0 radical (unpaired) electrons. The third-order valence-electron chi connectivity index (χ3n) is 6.56. The van der Waals surface area contributed by atoms with Crippen LogP contribution in [0.2, 0.25) is 0 Å². The first-order valence-electron chi connectivity index (χ1n) is 11.3. The second-order valence-electron chi connectivity index (χ2n) is 9.01. The van der Waals surface area contributed by atoms with Gasteiger partial charge in [-0.2, -0.15) is 5.10 Å². The summed E-state index contributed by atoms with van der Waals surface area (Å²) >= 11 is 0. The molecule has 0 amide bonds. The Balaban J connectivity index is 1.26. The lowest BCUT2D eigenvalue weighted by Gasteiger charge is -2.36. The molecule has 2 aromatic carbocycles. The predicted molar refractivity (Wildman–Crippen MR) is 126 cm³/mol. The third kappa shape index (κ3) is 5.54. The number of methoxy groups -OCH3 is 1. The van der Waals surface area contributed by atoms with Gasteiger partial charge in [-0.15, -0.1) is 0 Å². The Morgan fingerprint density at radius 1 is 1.06 bits per heavy atom. The minimum atomic E-state index is -0.358. The zero-order valence-electron chi connectivity index (χ0n) is 18.7. The molecule has 5 heteroatoms. The summed E-state index contributed by atoms with van der Waals surface area (Å²) in [6, 6.07) is 18.6. The maximum atomic E-state index is 6.78. The maximum Gasteiger partial charge on any atom is 0.118 e. The summed E-state index contributed by atoms with van der Waals surface area (Å²) in [7, 11) is 1.71. The Hall–Kier alpha value is -2.63. The molecule has 0 aliphatic carbocycles. The molecule has 1 aliphatic heterocycles. The van der Waals surface area contributed by atoms with Crippen LogP contribution >= 0.6 is 0 Å². The SMILES string of the molecule is COc1ccc(CCN2CCC(CC(C)(N)c3cnn(-c4ccccc4)c3)CC2)cc1. The maximum absolute atomic E-state index is 6.78. The molecule has 3 aromatic rings. The smallest absolute Gasteiger partial charge is 0.118 e. The minimum Gasteiger partial charge on any atom is -0.497 e. The Bertz CT molecular complexity index is 941. The quantitative estimate of drug-likeness (QED) is 0.589. The van der Waals surface area contributed by atoms with Gasteiger partial charge < -0.3 is 15.4 Å². The molecule has 1 fully saturated rings. The van der Waals surface area contributed by atoms with Crippen molar-refractivity contribution < 1.29 is 4.74 Å². The van der Waals surface area contributed by atoms with Gasteiger partial charge in [0.1, 0.15) is 5.75 Å². The van der Waals surface area contributed by atoms with E-state index in [1.165, 1.54) is 18.4 Å². The van der Waals surface area contributed by atoms with E-state index >= 15 is 0 Å². The number of para-hydroxylation sites is 1. The van der Waals surface area contributed by atoms with Gasteiger partial charge in [0, 0.05) is 23.8 Å². The number of aromatic nitrogens is 2. The van der Waals surface area contributed by atoms with Crippen LogP contribution < -0.4 is 10.5 Å². The van der Waals surface area contributed by atoms with E-state index < -0.39 is 0 Å². The lowest BCUT2D eigenvalue weighted by molar-refractivity contribution is 0.164. The van der Waals surface area contributed by atoms with Crippen molar-refractivity contribution in [2.75, 3.05) is 26.7 Å². The first-order valence-corrected chi connectivity index (χ1v) is 11.3. The van der Waals surface area contributed by atoms with Gasteiger partial charge in [0.15, 0.2) is 0 Å². The van der Waals surface area contributed by atoms with Crippen molar-refractivity contribution in [3.63, 3.8) is 0 Å². The average Bonchev–Trinajstić information content (AvgIpc) is 3.31. The fourth-order valence-corrected chi connectivity index (χ4v) is 4.55. The summed E-state index contributed by atoms with van der Waals surface area (Å²) in [5.41, 5.74) is 9.96. The van der Waals surface area contributed by atoms with E-state index in [9.17, 15) is 0 Å². The molecule has 0 saturated carbocycles. The van der Waals surface area contributed by atoms with Crippen LogP contribution in [-0.4, -0.2) is 41.4 Å². The van der Waals surface area contributed by atoms with E-state index in [1.807, 2.05) is 41.2 Å². The molecule has 31 heavy (non-hydrogen) atoms. The fraction of sp³-hybridized carbons (Fsp3) is 0.423. The molecular weight excluding hydrogens is 384 g/mol. The van der Waals surface area contributed by atoms with Gasteiger partial charge in [-0.1, -0.05) is 30.3 Å². The van der Waals surface area contributed by atoms with Gasteiger partial charge in [-0.05, 0) is 81.4 Å². The van der Waals surface area contributed by atoms with E-state index in [0.29, 0.717) is 5.92 Å². The van der Waals surface area contributed by atoms with Gasteiger partial charge in [0.05, 0.1) is 19.0 Å². The number of likely N-dealkylation sites (tertiary alicyclic amines) is 1. The molecule has 1 unspecified atom stereocenters. The van der Waals surface area contributed by atoms with Crippen molar-refractivity contribution in [3.05, 3.63) is 78.1 Å². The predicted octanol–water partition coefficient (Wildman–Crippen LogP) is 4.40. The number of rotatable bonds is 8. The Labute approximate surface area is 185 Å². The molecular formula is C26H34N4O. The summed E-state index contributed by atoms with van der Waals surface area (Å²) in [5, 5.41) is 4.54. The molecule has 164 valence electrons. The second-order valence-corrected chi connectivity index (χ2v) is 9.01. The largest absolute Gasteiger partial charge is 0.497 e. The summed E-state index contributed by atoms with van der Waals surface area (Å²) in [6.07, 6.45) is 8.52. The summed E-state index contributed by atoms with van der Waals surface area (Å²) in [5.74, 6) is 1.58. The standard InChI is InChI=1S/C26H34N4O/c1-26(27,23-19-28-30(20-23)24-6-4-3-5-7-24)18-22-13-16-29(17-14-22)15-12-21-8-10-25(31-2)11-9-21/h3-11,19-20,22H,12-18,27H2,1-2H3. The van der Waals surface area contributed by atoms with Gasteiger partial charge in [0.2, 0.25) is 0 Å². The molecule has 1 aliphatic rings. The van der Waals surface area contributed by atoms with Crippen LogP contribution in [0.15, 0.2) is 67.0 Å². The van der Waals surface area contributed by atoms with Crippen LogP contribution in [0, 0.1) is 5.92 Å². The van der Waals surface area contributed by atoms with Crippen molar-refractivity contribution in [1.82, 2.24) is 14.7 Å². The number of ether oxygens (including phenoxy) is 1. The number of benzene rings is 2. The van der Waals surface area contributed by atoms with Crippen LogP contribution in [0.5, 0.6) is 5.75 Å². The topological polar surface area (TPSA) is 56.3 Å². The normalized spacial score (nSPS) is 17.4. The van der Waals surface area contributed by atoms with Crippen LogP contribution in [0.25, 0.3) is 5.69 Å². The van der Waals surface area contributed by atoms with Gasteiger partial charge in [0.25, 0.3) is 0 Å². The molecule has 0 spiro atoms. The number of nitrogens with zero attached hydrogens (tertiary/aromatic N) is 3. The van der Waals surface area contributed by atoms with Gasteiger partial charge in [-0.25, -0.2) is 4.68 Å². The van der Waals surface area contributed by atoms with Gasteiger partial charge in [-0.3, -0.25) is 0 Å². The van der Waals surface area contributed by atoms with Crippen LogP contribution in [-0.2, 0) is 12.0 Å². The molecule has 0 bridgehead atoms. The molecule has 5 nitrogen and oxygen atoms in total. The Morgan fingerprint density at radius 2 is 1.77 bits per heavy atom. The van der Waals surface area contributed by atoms with Crippen molar-refractivity contribution in [1.29, 1.82) is 0 Å². The zero-order valence-corrected chi connectivity index (χ0v) is 18.7. The third-order valence-corrected chi connectivity index (χ3v) is 6.56. The van der Waals surface area contributed by atoms with Crippen LogP contribution in [0.4, 0.5) is 0 Å². The van der Waals surface area contributed by atoms with E-state index in [0.717, 1.165) is 49.5 Å². The first kappa shape index (κ1) is 21.6. The lowest BCUT2D eigenvalue weighted by Crippen LogP contribution is -2.40. The van der Waals surface area contributed by atoms with Crippen molar-refractivity contribution in [2.24, 2.45) is 11.7 Å². The highest BCUT2D eigenvalue weighted by molar-refractivity contribution is 5.32. The average molecular weight is 419 g/mol. The highest BCUT2D eigenvalue weighted by atomic mass is 16.5. The monoisotopic (exact) mass is 418 g/mol. The Morgan fingerprint density at radius 3 is 2.45 bits per heavy atom. The molecule has 1 aromatic heterocycles.